The highest BCUT2D eigenvalue weighted by molar-refractivity contribution is 9.10. The zero-order valence-corrected chi connectivity index (χ0v) is 13.0. The van der Waals surface area contributed by atoms with Gasteiger partial charge in [0, 0.05) is 36.1 Å². The fraction of sp³-hybridized carbons (Fsp3) is 0.533. The third-order valence-corrected chi connectivity index (χ3v) is 3.79. The molecule has 0 aromatic heterocycles. The maximum Gasteiger partial charge on any atom is 0.164 e. The lowest BCUT2D eigenvalue weighted by Crippen LogP contribution is -2.46. The van der Waals surface area contributed by atoms with Gasteiger partial charge < -0.3 is 4.74 Å². The van der Waals surface area contributed by atoms with Crippen LogP contribution in [0, 0.1) is 0 Å². The average molecular weight is 326 g/mol. The van der Waals surface area contributed by atoms with E-state index in [0.717, 1.165) is 29.7 Å². The molecule has 2 atom stereocenters. The Labute approximate surface area is 123 Å². The van der Waals surface area contributed by atoms with E-state index in [9.17, 15) is 4.79 Å². The molecular formula is C15H20BrNO2. The Morgan fingerprint density at radius 3 is 2.68 bits per heavy atom. The molecule has 1 heterocycles. The smallest absolute Gasteiger partial charge is 0.164 e. The van der Waals surface area contributed by atoms with Crippen LogP contribution >= 0.6 is 15.9 Å². The molecular weight excluding hydrogens is 306 g/mol. The van der Waals surface area contributed by atoms with Crippen LogP contribution in [0.25, 0.3) is 0 Å². The van der Waals surface area contributed by atoms with Crippen LogP contribution in [0.3, 0.4) is 0 Å². The summed E-state index contributed by atoms with van der Waals surface area (Å²) >= 11 is 3.39. The second kappa shape index (κ2) is 6.64. The number of Topliss-reactive ketones (excluding diaryl/α,β-unsaturated/α-hetero) is 1. The van der Waals surface area contributed by atoms with Crippen molar-refractivity contribution in [3.8, 4) is 0 Å². The van der Waals surface area contributed by atoms with Crippen LogP contribution in [0.4, 0.5) is 0 Å². The number of halogens is 1. The molecule has 1 aromatic rings. The minimum absolute atomic E-state index is 0.202. The number of benzene rings is 1. The third-order valence-electron chi connectivity index (χ3n) is 3.30. The van der Waals surface area contributed by atoms with Crippen LogP contribution in [0.1, 0.15) is 30.6 Å². The summed E-state index contributed by atoms with van der Waals surface area (Å²) in [5.74, 6) is 0.202. The molecule has 1 aromatic carbocycles. The zero-order chi connectivity index (χ0) is 13.8. The number of hydrogen-bond donors (Lipinski definition) is 0. The van der Waals surface area contributed by atoms with Crippen LogP contribution in [-0.4, -0.2) is 42.5 Å². The highest BCUT2D eigenvalue weighted by Crippen LogP contribution is 2.15. The van der Waals surface area contributed by atoms with E-state index in [4.69, 9.17) is 4.74 Å². The Bertz CT molecular complexity index is 440. The monoisotopic (exact) mass is 325 g/mol. The van der Waals surface area contributed by atoms with Crippen LogP contribution in [0.2, 0.25) is 0 Å². The van der Waals surface area contributed by atoms with Crippen molar-refractivity contribution in [3.63, 3.8) is 0 Å². The third kappa shape index (κ3) is 4.41. The van der Waals surface area contributed by atoms with E-state index in [1.165, 1.54) is 0 Å². The molecule has 104 valence electrons. The Balaban J connectivity index is 1.86. The van der Waals surface area contributed by atoms with Crippen molar-refractivity contribution < 1.29 is 9.53 Å². The summed E-state index contributed by atoms with van der Waals surface area (Å²) in [4.78, 5) is 14.4. The van der Waals surface area contributed by atoms with E-state index in [1.54, 1.807) is 0 Å². The molecule has 0 radical (unpaired) electrons. The predicted molar refractivity (Wildman–Crippen MR) is 79.5 cm³/mol. The number of morpholine rings is 1. The molecule has 1 fully saturated rings. The molecule has 1 aliphatic rings. The van der Waals surface area contributed by atoms with Gasteiger partial charge in [-0.05, 0) is 26.0 Å². The summed E-state index contributed by atoms with van der Waals surface area (Å²) in [6, 6.07) is 7.59. The van der Waals surface area contributed by atoms with E-state index >= 15 is 0 Å². The molecule has 0 amide bonds. The first kappa shape index (κ1) is 14.7. The summed E-state index contributed by atoms with van der Waals surface area (Å²) in [5.41, 5.74) is 0.781. The number of carbonyl (C=O) groups is 1. The molecule has 0 spiro atoms. The molecule has 0 bridgehead atoms. The Morgan fingerprint density at radius 2 is 2.05 bits per heavy atom. The quantitative estimate of drug-likeness (QED) is 0.796. The summed E-state index contributed by atoms with van der Waals surface area (Å²) in [7, 11) is 0. The Hall–Kier alpha value is -0.710. The molecule has 0 saturated carbocycles. The highest BCUT2D eigenvalue weighted by atomic mass is 79.9. The maximum absolute atomic E-state index is 12.1. The van der Waals surface area contributed by atoms with Gasteiger partial charge in [-0.25, -0.2) is 0 Å². The molecule has 0 unspecified atom stereocenters. The minimum atomic E-state index is 0.202. The van der Waals surface area contributed by atoms with Crippen LogP contribution in [0.5, 0.6) is 0 Å². The predicted octanol–water partition coefficient (Wildman–Crippen LogP) is 3.13. The van der Waals surface area contributed by atoms with Crippen LogP contribution in [-0.2, 0) is 4.74 Å². The average Bonchev–Trinajstić information content (AvgIpc) is 2.35. The summed E-state index contributed by atoms with van der Waals surface area (Å²) in [6.45, 7) is 6.80. The van der Waals surface area contributed by atoms with E-state index in [0.29, 0.717) is 6.42 Å². The second-order valence-electron chi connectivity index (χ2n) is 5.20. The van der Waals surface area contributed by atoms with E-state index in [1.807, 2.05) is 24.3 Å². The van der Waals surface area contributed by atoms with E-state index < -0.39 is 0 Å². The minimum Gasteiger partial charge on any atom is -0.373 e. The SMILES string of the molecule is C[C@@H]1CN(CCC(=O)c2cccc(Br)c2)C[C@H](C)O1. The number of rotatable bonds is 4. The van der Waals surface area contributed by atoms with Crippen LogP contribution < -0.4 is 0 Å². The van der Waals surface area contributed by atoms with Gasteiger partial charge in [0.2, 0.25) is 0 Å². The van der Waals surface area contributed by atoms with Gasteiger partial charge in [-0.2, -0.15) is 0 Å². The summed E-state index contributed by atoms with van der Waals surface area (Å²) in [5, 5.41) is 0. The lowest BCUT2D eigenvalue weighted by Gasteiger charge is -2.35. The van der Waals surface area contributed by atoms with Gasteiger partial charge in [0.05, 0.1) is 12.2 Å². The lowest BCUT2D eigenvalue weighted by atomic mass is 10.1. The fourth-order valence-electron chi connectivity index (χ4n) is 2.53. The van der Waals surface area contributed by atoms with E-state index in [2.05, 4.69) is 34.7 Å². The van der Waals surface area contributed by atoms with Gasteiger partial charge in [0.25, 0.3) is 0 Å². The first-order valence-electron chi connectivity index (χ1n) is 6.71. The van der Waals surface area contributed by atoms with Gasteiger partial charge >= 0.3 is 0 Å². The molecule has 4 heteroatoms. The molecule has 19 heavy (non-hydrogen) atoms. The number of hydrogen-bond acceptors (Lipinski definition) is 3. The number of nitrogens with zero attached hydrogens (tertiary/aromatic N) is 1. The molecule has 2 rings (SSSR count). The maximum atomic E-state index is 12.1. The topological polar surface area (TPSA) is 29.5 Å². The van der Waals surface area contributed by atoms with Crippen molar-refractivity contribution in [1.29, 1.82) is 0 Å². The van der Waals surface area contributed by atoms with Crippen molar-refractivity contribution in [2.24, 2.45) is 0 Å². The van der Waals surface area contributed by atoms with Gasteiger partial charge in [-0.3, -0.25) is 9.69 Å². The normalized spacial score (nSPS) is 24.4. The molecule has 0 aliphatic carbocycles. The Kier molecular flexibility index (Phi) is 5.13. The molecule has 3 nitrogen and oxygen atoms in total. The van der Waals surface area contributed by atoms with Gasteiger partial charge in [-0.1, -0.05) is 28.1 Å². The first-order chi connectivity index (χ1) is 9.04. The highest BCUT2D eigenvalue weighted by Gasteiger charge is 2.22. The van der Waals surface area contributed by atoms with Crippen molar-refractivity contribution in [2.45, 2.75) is 32.5 Å². The van der Waals surface area contributed by atoms with Crippen molar-refractivity contribution in [3.05, 3.63) is 34.3 Å². The molecule has 0 N–H and O–H groups in total. The first-order valence-corrected chi connectivity index (χ1v) is 7.50. The van der Waals surface area contributed by atoms with Crippen LogP contribution in [0.15, 0.2) is 28.7 Å². The zero-order valence-electron chi connectivity index (χ0n) is 11.4. The molecule has 1 saturated heterocycles. The standard InChI is InChI=1S/C15H20BrNO2/c1-11-9-17(10-12(2)19-11)7-6-15(18)13-4-3-5-14(16)8-13/h3-5,8,11-12H,6-7,9-10H2,1-2H3/t11-,12+. The van der Waals surface area contributed by atoms with Gasteiger partial charge in [-0.15, -0.1) is 0 Å². The summed E-state index contributed by atoms with van der Waals surface area (Å²) < 4.78 is 6.64. The fourth-order valence-corrected chi connectivity index (χ4v) is 2.93. The second-order valence-corrected chi connectivity index (χ2v) is 6.12. The van der Waals surface area contributed by atoms with Crippen molar-refractivity contribution in [1.82, 2.24) is 4.90 Å². The Morgan fingerprint density at radius 1 is 1.37 bits per heavy atom. The number of ketones is 1. The van der Waals surface area contributed by atoms with Crippen molar-refractivity contribution in [2.75, 3.05) is 19.6 Å². The van der Waals surface area contributed by atoms with E-state index in [-0.39, 0.29) is 18.0 Å². The lowest BCUT2D eigenvalue weighted by molar-refractivity contribution is -0.0675. The van der Waals surface area contributed by atoms with Gasteiger partial charge in [0.15, 0.2) is 5.78 Å². The van der Waals surface area contributed by atoms with Crippen molar-refractivity contribution >= 4 is 21.7 Å². The summed E-state index contributed by atoms with van der Waals surface area (Å²) in [6.07, 6.45) is 1.07. The largest absolute Gasteiger partial charge is 0.373 e. The number of carbonyl (C=O) groups excluding carboxylic acids is 1. The number of ether oxygens (including phenoxy) is 1. The molecule has 1 aliphatic heterocycles. The van der Waals surface area contributed by atoms with Gasteiger partial charge in [0.1, 0.15) is 0 Å².